The summed E-state index contributed by atoms with van der Waals surface area (Å²) in [4.78, 5) is 31.2. The quantitative estimate of drug-likeness (QED) is 0.554. The number of halogens is 1. The van der Waals surface area contributed by atoms with Crippen molar-refractivity contribution in [2.45, 2.75) is 32.2 Å². The Bertz CT molecular complexity index is 1050. The van der Waals surface area contributed by atoms with Crippen molar-refractivity contribution in [1.82, 2.24) is 10.3 Å². The number of hydrogen-bond donors (Lipinski definition) is 2. The lowest BCUT2D eigenvalue weighted by molar-refractivity contribution is 0.0951. The molecule has 0 atom stereocenters. The van der Waals surface area contributed by atoms with E-state index in [4.69, 9.17) is 0 Å². The molecule has 0 fully saturated rings. The van der Waals surface area contributed by atoms with Crippen molar-refractivity contribution in [2.24, 2.45) is 0 Å². The molecule has 0 bridgehead atoms. The molecule has 0 saturated heterocycles. The number of aromatic nitrogens is 1. The van der Waals surface area contributed by atoms with Gasteiger partial charge in [-0.05, 0) is 70.9 Å². The highest BCUT2D eigenvalue weighted by Crippen LogP contribution is 2.38. The summed E-state index contributed by atoms with van der Waals surface area (Å²) in [5.74, 6) is -0.381. The largest absolute Gasteiger partial charge is 0.348 e. The van der Waals surface area contributed by atoms with Crippen LogP contribution in [0.15, 0.2) is 53.3 Å². The van der Waals surface area contributed by atoms with E-state index in [1.807, 2.05) is 30.3 Å². The number of rotatable bonds is 5. The Morgan fingerprint density at radius 1 is 1.07 bits per heavy atom. The molecule has 1 aliphatic carbocycles. The molecule has 3 aromatic rings. The van der Waals surface area contributed by atoms with Gasteiger partial charge in [-0.25, -0.2) is 0 Å². The molecule has 1 aliphatic rings. The first-order valence-electron chi connectivity index (χ1n) is 9.51. The molecule has 0 saturated carbocycles. The van der Waals surface area contributed by atoms with Gasteiger partial charge in [-0.15, -0.1) is 11.3 Å². The molecule has 2 amide bonds. The van der Waals surface area contributed by atoms with E-state index >= 15 is 0 Å². The monoisotopic (exact) mass is 469 g/mol. The highest BCUT2D eigenvalue weighted by atomic mass is 79.9. The molecule has 4 rings (SSSR count). The predicted octanol–water partition coefficient (Wildman–Crippen LogP) is 4.97. The smallest absolute Gasteiger partial charge is 0.257 e. The van der Waals surface area contributed by atoms with Crippen molar-refractivity contribution >= 4 is 44.1 Å². The molecule has 5 nitrogen and oxygen atoms in total. The second-order valence-electron chi connectivity index (χ2n) is 6.89. The number of pyridine rings is 1. The lowest BCUT2D eigenvalue weighted by Gasteiger charge is -2.13. The molecule has 148 valence electrons. The number of aryl methyl sites for hydroxylation is 1. The summed E-state index contributed by atoms with van der Waals surface area (Å²) < 4.78 is 0.724. The lowest BCUT2D eigenvalue weighted by Crippen LogP contribution is -2.25. The maximum atomic E-state index is 13.1. The number of benzene rings is 1. The molecule has 29 heavy (non-hydrogen) atoms. The molecule has 0 aliphatic heterocycles. The Morgan fingerprint density at radius 2 is 1.90 bits per heavy atom. The number of hydrogen-bond acceptors (Lipinski definition) is 4. The fourth-order valence-electron chi connectivity index (χ4n) is 3.48. The van der Waals surface area contributed by atoms with Crippen LogP contribution in [-0.4, -0.2) is 16.8 Å². The zero-order valence-corrected chi connectivity index (χ0v) is 18.1. The van der Waals surface area contributed by atoms with Crippen LogP contribution < -0.4 is 10.6 Å². The maximum absolute atomic E-state index is 13.1. The van der Waals surface area contributed by atoms with Crippen LogP contribution in [0.2, 0.25) is 0 Å². The van der Waals surface area contributed by atoms with E-state index in [0.29, 0.717) is 22.7 Å². The average molecular weight is 470 g/mol. The van der Waals surface area contributed by atoms with Crippen molar-refractivity contribution in [3.63, 3.8) is 0 Å². The Hall–Kier alpha value is -2.51. The van der Waals surface area contributed by atoms with Crippen LogP contribution in [0.25, 0.3) is 0 Å². The average Bonchev–Trinajstić information content (AvgIpc) is 3.11. The van der Waals surface area contributed by atoms with Crippen molar-refractivity contribution < 1.29 is 9.59 Å². The maximum Gasteiger partial charge on any atom is 0.257 e. The van der Waals surface area contributed by atoms with E-state index < -0.39 is 0 Å². The second kappa shape index (κ2) is 8.88. The molecule has 2 heterocycles. The van der Waals surface area contributed by atoms with Gasteiger partial charge in [0.05, 0.1) is 11.1 Å². The minimum Gasteiger partial charge on any atom is -0.348 e. The molecule has 0 radical (unpaired) electrons. The second-order valence-corrected chi connectivity index (χ2v) is 8.85. The molecule has 1 aromatic carbocycles. The van der Waals surface area contributed by atoms with Gasteiger partial charge in [-0.3, -0.25) is 14.6 Å². The topological polar surface area (TPSA) is 71.1 Å². The van der Waals surface area contributed by atoms with E-state index in [-0.39, 0.29) is 11.8 Å². The van der Waals surface area contributed by atoms with E-state index in [9.17, 15) is 9.59 Å². The number of carbonyl (C=O) groups excluding carboxylic acids is 2. The zero-order chi connectivity index (χ0) is 20.2. The number of carbonyl (C=O) groups is 2. The van der Waals surface area contributed by atoms with Gasteiger partial charge in [-0.1, -0.05) is 18.2 Å². The normalized spacial score (nSPS) is 12.9. The molecule has 2 aromatic heterocycles. The highest BCUT2D eigenvalue weighted by Gasteiger charge is 2.26. The van der Waals surface area contributed by atoms with E-state index in [2.05, 4.69) is 31.5 Å². The number of anilines is 1. The third-order valence-corrected chi connectivity index (χ3v) is 6.82. The third kappa shape index (κ3) is 4.41. The zero-order valence-electron chi connectivity index (χ0n) is 15.7. The highest BCUT2D eigenvalue weighted by molar-refractivity contribution is 9.10. The van der Waals surface area contributed by atoms with Crippen molar-refractivity contribution in [3.8, 4) is 0 Å². The van der Waals surface area contributed by atoms with Crippen LogP contribution in [0, 0.1) is 0 Å². The molecule has 2 N–H and O–H groups in total. The lowest BCUT2D eigenvalue weighted by atomic mass is 9.95. The van der Waals surface area contributed by atoms with Gasteiger partial charge in [0.25, 0.3) is 11.8 Å². The summed E-state index contributed by atoms with van der Waals surface area (Å²) in [7, 11) is 0. The predicted molar refractivity (Wildman–Crippen MR) is 118 cm³/mol. The summed E-state index contributed by atoms with van der Waals surface area (Å²) in [6.07, 6.45) is 7.43. The van der Waals surface area contributed by atoms with Crippen molar-refractivity contribution in [3.05, 3.63) is 80.4 Å². The van der Waals surface area contributed by atoms with E-state index in [1.54, 1.807) is 18.5 Å². The van der Waals surface area contributed by atoms with Crippen LogP contribution >= 0.6 is 27.3 Å². The summed E-state index contributed by atoms with van der Waals surface area (Å²) in [5.41, 5.74) is 3.16. The molecule has 0 spiro atoms. The van der Waals surface area contributed by atoms with Gasteiger partial charge < -0.3 is 10.6 Å². The Balaban J connectivity index is 1.60. The summed E-state index contributed by atoms with van der Waals surface area (Å²) >= 11 is 4.94. The minimum atomic E-state index is -0.225. The SMILES string of the molecule is O=C(Nc1sc2c(c1C(=O)NCc1cccnc1)CCCC2)c1ccccc1Br. The fourth-order valence-corrected chi connectivity index (χ4v) is 5.23. The summed E-state index contributed by atoms with van der Waals surface area (Å²) in [6.45, 7) is 0.398. The van der Waals surface area contributed by atoms with E-state index in [0.717, 1.165) is 41.3 Å². The van der Waals surface area contributed by atoms with Gasteiger partial charge >= 0.3 is 0 Å². The van der Waals surface area contributed by atoms with Crippen LogP contribution in [0.1, 0.15) is 49.6 Å². The number of nitrogens with one attached hydrogen (secondary N) is 2. The van der Waals surface area contributed by atoms with Gasteiger partial charge in [0.15, 0.2) is 0 Å². The number of nitrogens with zero attached hydrogens (tertiary/aromatic N) is 1. The standard InChI is InChI=1S/C22H20BrN3O2S/c23-17-9-3-1-7-15(17)20(27)26-22-19(16-8-2-4-10-18(16)29-22)21(28)25-13-14-6-5-11-24-12-14/h1,3,5-7,9,11-12H,2,4,8,10,13H2,(H,25,28)(H,26,27). The molecule has 7 heteroatoms. The molecular weight excluding hydrogens is 450 g/mol. The van der Waals surface area contributed by atoms with Crippen molar-refractivity contribution in [2.75, 3.05) is 5.32 Å². The van der Waals surface area contributed by atoms with Crippen LogP contribution in [-0.2, 0) is 19.4 Å². The molecule has 0 unspecified atom stereocenters. The van der Waals surface area contributed by atoms with Gasteiger partial charge in [0.1, 0.15) is 5.00 Å². The Kier molecular flexibility index (Phi) is 6.06. The Labute approximate surface area is 181 Å². The first-order chi connectivity index (χ1) is 14.1. The van der Waals surface area contributed by atoms with Crippen LogP contribution in [0.4, 0.5) is 5.00 Å². The summed E-state index contributed by atoms with van der Waals surface area (Å²) in [6, 6.07) is 11.0. The fraction of sp³-hybridized carbons (Fsp3) is 0.227. The number of amides is 2. The van der Waals surface area contributed by atoms with E-state index in [1.165, 1.54) is 16.2 Å². The first kappa shape index (κ1) is 19.8. The number of thiophene rings is 1. The van der Waals surface area contributed by atoms with Crippen LogP contribution in [0.5, 0.6) is 0 Å². The third-order valence-electron chi connectivity index (χ3n) is 4.92. The Morgan fingerprint density at radius 3 is 2.69 bits per heavy atom. The number of fused-ring (bicyclic) bond motifs is 1. The van der Waals surface area contributed by atoms with Crippen LogP contribution in [0.3, 0.4) is 0 Å². The van der Waals surface area contributed by atoms with Gasteiger partial charge in [-0.2, -0.15) is 0 Å². The first-order valence-corrected chi connectivity index (χ1v) is 11.1. The summed E-state index contributed by atoms with van der Waals surface area (Å²) in [5, 5.41) is 6.59. The molecular formula is C22H20BrN3O2S. The van der Waals surface area contributed by atoms with Gasteiger partial charge in [0.2, 0.25) is 0 Å². The van der Waals surface area contributed by atoms with Crippen molar-refractivity contribution in [1.29, 1.82) is 0 Å². The van der Waals surface area contributed by atoms with Gasteiger partial charge in [0, 0.05) is 28.3 Å². The minimum absolute atomic E-state index is 0.157.